The molecule has 0 fully saturated rings. The van der Waals surface area contributed by atoms with Crippen molar-refractivity contribution in [3.05, 3.63) is 24.4 Å². The van der Waals surface area contributed by atoms with Gasteiger partial charge < -0.3 is 24.6 Å². The monoisotopic (exact) mass is 276 g/mol. The second-order valence-electron chi connectivity index (χ2n) is 4.57. The van der Waals surface area contributed by atoms with Crippen molar-refractivity contribution in [2.75, 3.05) is 32.4 Å². The molecule has 6 nitrogen and oxygen atoms in total. The van der Waals surface area contributed by atoms with Crippen LogP contribution in [0.2, 0.25) is 0 Å². The van der Waals surface area contributed by atoms with E-state index in [0.29, 0.717) is 18.2 Å². The standard InChI is InChI=1S/C14H16N2O4/c1-18-7-10(6-17)16-14-11-5-13-12(19-8-20-13)4-9(11)2-3-15-14/h2-5,10,17H,6-8H2,1H3,(H,15,16). The number of fused-ring (bicyclic) bond motifs is 2. The van der Waals surface area contributed by atoms with Crippen LogP contribution in [0.1, 0.15) is 0 Å². The highest BCUT2D eigenvalue weighted by atomic mass is 16.7. The highest BCUT2D eigenvalue weighted by molar-refractivity contribution is 5.94. The van der Waals surface area contributed by atoms with Crippen LogP contribution in [0.25, 0.3) is 10.8 Å². The first-order valence-electron chi connectivity index (χ1n) is 6.36. The van der Waals surface area contributed by atoms with Crippen LogP contribution >= 0.6 is 0 Å². The van der Waals surface area contributed by atoms with Gasteiger partial charge in [0.05, 0.1) is 19.3 Å². The van der Waals surface area contributed by atoms with Crippen LogP contribution in [0.4, 0.5) is 5.82 Å². The van der Waals surface area contributed by atoms with Gasteiger partial charge in [-0.3, -0.25) is 0 Å². The van der Waals surface area contributed by atoms with Crippen LogP contribution in [-0.2, 0) is 4.74 Å². The Bertz CT molecular complexity index is 617. The van der Waals surface area contributed by atoms with Crippen LogP contribution in [-0.4, -0.2) is 43.2 Å². The molecule has 1 aromatic carbocycles. The van der Waals surface area contributed by atoms with E-state index in [0.717, 1.165) is 16.5 Å². The topological polar surface area (TPSA) is 72.8 Å². The maximum Gasteiger partial charge on any atom is 0.231 e. The molecule has 0 radical (unpaired) electrons. The zero-order chi connectivity index (χ0) is 13.9. The molecule has 0 aliphatic carbocycles. The molecule has 2 aromatic rings. The van der Waals surface area contributed by atoms with Crippen LogP contribution in [0.15, 0.2) is 24.4 Å². The van der Waals surface area contributed by atoms with Gasteiger partial charge in [-0.25, -0.2) is 4.98 Å². The molecule has 1 aromatic heterocycles. The maximum absolute atomic E-state index is 9.33. The molecular formula is C14H16N2O4. The quantitative estimate of drug-likeness (QED) is 0.859. The number of nitrogens with one attached hydrogen (secondary N) is 1. The summed E-state index contributed by atoms with van der Waals surface area (Å²) in [5.41, 5.74) is 0. The number of benzene rings is 1. The van der Waals surface area contributed by atoms with Gasteiger partial charge in [0.25, 0.3) is 0 Å². The number of nitrogens with zero attached hydrogens (tertiary/aromatic N) is 1. The Kier molecular flexibility index (Phi) is 3.58. The smallest absolute Gasteiger partial charge is 0.231 e. The summed E-state index contributed by atoms with van der Waals surface area (Å²) >= 11 is 0. The number of ether oxygens (including phenoxy) is 3. The van der Waals surface area contributed by atoms with Gasteiger partial charge in [-0.15, -0.1) is 0 Å². The lowest BCUT2D eigenvalue weighted by molar-refractivity contribution is 0.153. The second kappa shape index (κ2) is 5.52. The summed E-state index contributed by atoms with van der Waals surface area (Å²) in [5, 5.41) is 14.4. The van der Waals surface area contributed by atoms with Crippen LogP contribution in [0, 0.1) is 0 Å². The van der Waals surface area contributed by atoms with Crippen molar-refractivity contribution in [1.82, 2.24) is 4.98 Å². The van der Waals surface area contributed by atoms with Gasteiger partial charge in [0.2, 0.25) is 6.79 Å². The Balaban J connectivity index is 1.98. The molecule has 1 atom stereocenters. The van der Waals surface area contributed by atoms with E-state index in [-0.39, 0.29) is 19.4 Å². The molecule has 0 amide bonds. The van der Waals surface area contributed by atoms with E-state index >= 15 is 0 Å². The number of aromatic nitrogens is 1. The number of hydrogen-bond donors (Lipinski definition) is 2. The van der Waals surface area contributed by atoms with Crippen LogP contribution < -0.4 is 14.8 Å². The van der Waals surface area contributed by atoms with Crippen molar-refractivity contribution in [3.8, 4) is 11.5 Å². The number of anilines is 1. The molecule has 2 N–H and O–H groups in total. The summed E-state index contributed by atoms with van der Waals surface area (Å²) in [6, 6.07) is 5.53. The Labute approximate surface area is 116 Å². The van der Waals surface area contributed by atoms with Gasteiger partial charge in [-0.1, -0.05) is 0 Å². The van der Waals surface area contributed by atoms with Crippen molar-refractivity contribution in [1.29, 1.82) is 0 Å². The number of hydrogen-bond acceptors (Lipinski definition) is 6. The van der Waals surface area contributed by atoms with Crippen molar-refractivity contribution in [3.63, 3.8) is 0 Å². The third-order valence-electron chi connectivity index (χ3n) is 3.19. The van der Waals surface area contributed by atoms with Gasteiger partial charge in [-0.2, -0.15) is 0 Å². The largest absolute Gasteiger partial charge is 0.454 e. The van der Waals surface area contributed by atoms with Crippen LogP contribution in [0.5, 0.6) is 11.5 Å². The third kappa shape index (κ3) is 2.35. The Hall–Kier alpha value is -2.05. The van der Waals surface area contributed by atoms with E-state index in [1.54, 1.807) is 13.3 Å². The minimum atomic E-state index is -0.205. The molecule has 1 unspecified atom stereocenters. The van der Waals surface area contributed by atoms with Gasteiger partial charge in [0.1, 0.15) is 5.82 Å². The highest BCUT2D eigenvalue weighted by Gasteiger charge is 2.17. The van der Waals surface area contributed by atoms with Gasteiger partial charge in [0.15, 0.2) is 11.5 Å². The molecule has 1 aliphatic heterocycles. The fourth-order valence-electron chi connectivity index (χ4n) is 2.21. The first-order chi connectivity index (χ1) is 9.81. The molecular weight excluding hydrogens is 260 g/mol. The molecule has 3 rings (SSSR count). The summed E-state index contributed by atoms with van der Waals surface area (Å²) in [6.45, 7) is 0.611. The first-order valence-corrected chi connectivity index (χ1v) is 6.36. The number of aliphatic hydroxyl groups excluding tert-OH is 1. The predicted octanol–water partition coefficient (Wildman–Crippen LogP) is 1.38. The summed E-state index contributed by atoms with van der Waals surface area (Å²) in [4.78, 5) is 4.33. The van der Waals surface area contributed by atoms with Crippen molar-refractivity contribution in [2.24, 2.45) is 0 Å². The molecule has 106 valence electrons. The molecule has 1 aliphatic rings. The van der Waals surface area contributed by atoms with E-state index in [1.165, 1.54) is 0 Å². The highest BCUT2D eigenvalue weighted by Crippen LogP contribution is 2.37. The van der Waals surface area contributed by atoms with Crippen molar-refractivity contribution in [2.45, 2.75) is 6.04 Å². The molecule has 20 heavy (non-hydrogen) atoms. The summed E-state index contributed by atoms with van der Waals surface area (Å²) in [5.74, 6) is 2.14. The molecule has 2 heterocycles. The molecule has 0 bridgehead atoms. The number of pyridine rings is 1. The average molecular weight is 276 g/mol. The van der Waals surface area contributed by atoms with E-state index in [9.17, 15) is 5.11 Å². The number of rotatable bonds is 5. The first kappa shape index (κ1) is 13.0. The maximum atomic E-state index is 9.33. The normalized spacial score (nSPS) is 14.5. The van der Waals surface area contributed by atoms with Gasteiger partial charge in [-0.05, 0) is 23.6 Å². The summed E-state index contributed by atoms with van der Waals surface area (Å²) in [7, 11) is 1.60. The van der Waals surface area contributed by atoms with Crippen molar-refractivity contribution >= 4 is 16.6 Å². The molecule has 6 heteroatoms. The third-order valence-corrected chi connectivity index (χ3v) is 3.19. The van der Waals surface area contributed by atoms with Crippen molar-refractivity contribution < 1.29 is 19.3 Å². The Morgan fingerprint density at radius 1 is 1.40 bits per heavy atom. The van der Waals surface area contributed by atoms with E-state index in [2.05, 4.69) is 10.3 Å². The van der Waals surface area contributed by atoms with Gasteiger partial charge in [0, 0.05) is 18.7 Å². The zero-order valence-electron chi connectivity index (χ0n) is 11.1. The van der Waals surface area contributed by atoms with E-state index in [4.69, 9.17) is 14.2 Å². The Morgan fingerprint density at radius 3 is 2.95 bits per heavy atom. The van der Waals surface area contributed by atoms with Gasteiger partial charge >= 0.3 is 0 Å². The molecule has 0 saturated carbocycles. The van der Waals surface area contributed by atoms with E-state index in [1.807, 2.05) is 18.2 Å². The molecule has 0 spiro atoms. The Morgan fingerprint density at radius 2 is 2.20 bits per heavy atom. The fraction of sp³-hybridized carbons (Fsp3) is 0.357. The summed E-state index contributed by atoms with van der Waals surface area (Å²) in [6.07, 6.45) is 1.72. The lowest BCUT2D eigenvalue weighted by Gasteiger charge is -2.17. The lowest BCUT2D eigenvalue weighted by Crippen LogP contribution is -2.29. The second-order valence-corrected chi connectivity index (χ2v) is 4.57. The minimum absolute atomic E-state index is 0.0313. The number of methoxy groups -OCH3 is 1. The average Bonchev–Trinajstić information content (AvgIpc) is 2.92. The minimum Gasteiger partial charge on any atom is -0.454 e. The summed E-state index contributed by atoms with van der Waals surface area (Å²) < 4.78 is 15.8. The molecule has 0 saturated heterocycles. The van der Waals surface area contributed by atoms with E-state index < -0.39 is 0 Å². The number of aliphatic hydroxyl groups is 1. The zero-order valence-corrected chi connectivity index (χ0v) is 11.1. The lowest BCUT2D eigenvalue weighted by atomic mass is 10.1. The van der Waals surface area contributed by atoms with Crippen LogP contribution in [0.3, 0.4) is 0 Å². The fourth-order valence-corrected chi connectivity index (χ4v) is 2.21. The SMILES string of the molecule is COCC(CO)Nc1nccc2cc3c(cc12)OCO3. The predicted molar refractivity (Wildman–Crippen MR) is 74.2 cm³/mol.